The fourth-order valence-corrected chi connectivity index (χ4v) is 3.18. The van der Waals surface area contributed by atoms with Gasteiger partial charge in [-0.1, -0.05) is 49.4 Å². The fraction of sp³-hybridized carbons (Fsp3) is 0.182. The molecule has 1 aromatic heterocycles. The van der Waals surface area contributed by atoms with E-state index >= 15 is 0 Å². The van der Waals surface area contributed by atoms with Crippen LogP contribution in [-0.2, 0) is 6.61 Å². The zero-order chi connectivity index (χ0) is 17.9. The van der Waals surface area contributed by atoms with Crippen molar-refractivity contribution in [3.05, 3.63) is 72.6 Å². The minimum atomic E-state index is 0.0540. The Labute approximate surface area is 152 Å². The summed E-state index contributed by atoms with van der Waals surface area (Å²) in [5, 5.41) is 2.30. The molecule has 26 heavy (non-hydrogen) atoms. The molecule has 0 saturated carbocycles. The lowest BCUT2D eigenvalue weighted by Gasteiger charge is -2.09. The van der Waals surface area contributed by atoms with Crippen LogP contribution in [0, 0.1) is 0 Å². The van der Waals surface area contributed by atoms with Gasteiger partial charge in [-0.15, -0.1) is 0 Å². The summed E-state index contributed by atoms with van der Waals surface area (Å²) in [5.41, 5.74) is 1.65. The first kappa shape index (κ1) is 16.3. The molecule has 0 unspecified atom stereocenters. The van der Waals surface area contributed by atoms with Crippen LogP contribution >= 0.6 is 0 Å². The average molecular weight is 344 g/mol. The fourth-order valence-electron chi connectivity index (χ4n) is 3.18. The second-order valence-corrected chi connectivity index (χ2v) is 6.29. The van der Waals surface area contributed by atoms with Crippen LogP contribution in [0.25, 0.3) is 21.8 Å². The van der Waals surface area contributed by atoms with Crippen LogP contribution in [0.1, 0.15) is 30.4 Å². The van der Waals surface area contributed by atoms with Crippen molar-refractivity contribution in [3.8, 4) is 5.75 Å². The van der Waals surface area contributed by atoms with E-state index in [1.807, 2.05) is 61.5 Å². The van der Waals surface area contributed by atoms with Gasteiger partial charge in [-0.05, 0) is 41.5 Å². The first-order valence-electron chi connectivity index (χ1n) is 8.87. The molecule has 3 aromatic carbocycles. The van der Waals surface area contributed by atoms with Crippen LogP contribution in [0.2, 0.25) is 0 Å². The van der Waals surface area contributed by atoms with Crippen LogP contribution in [0.15, 0.2) is 66.7 Å². The van der Waals surface area contributed by atoms with E-state index in [1.54, 1.807) is 4.57 Å². The summed E-state index contributed by atoms with van der Waals surface area (Å²) in [6.07, 6.45) is 1.29. The molecule has 0 radical (unpaired) electrons. The number of nitrogens with zero attached hydrogens (tertiary/aromatic N) is 2. The zero-order valence-electron chi connectivity index (χ0n) is 14.7. The standard InChI is InChI=1S/C22H20N2O2/c1-2-7-22(25)24-20-11-6-5-10-19(20)23-21(24)15-26-18-13-12-16-8-3-4-9-17(16)14-18/h3-6,8-14H,2,7,15H2,1H3. The van der Waals surface area contributed by atoms with Gasteiger partial charge in [0.2, 0.25) is 5.91 Å². The molecule has 0 aliphatic carbocycles. The van der Waals surface area contributed by atoms with E-state index in [0.717, 1.165) is 28.6 Å². The molecule has 4 aromatic rings. The monoisotopic (exact) mass is 344 g/mol. The van der Waals surface area contributed by atoms with Crippen LogP contribution in [-0.4, -0.2) is 15.5 Å². The molecule has 0 saturated heterocycles. The second-order valence-electron chi connectivity index (χ2n) is 6.29. The maximum atomic E-state index is 12.6. The van der Waals surface area contributed by atoms with E-state index in [4.69, 9.17) is 4.74 Å². The summed E-state index contributed by atoms with van der Waals surface area (Å²) in [5.74, 6) is 1.46. The van der Waals surface area contributed by atoms with Gasteiger partial charge in [-0.2, -0.15) is 0 Å². The third-order valence-corrected chi connectivity index (χ3v) is 4.43. The van der Waals surface area contributed by atoms with Crippen molar-refractivity contribution in [2.45, 2.75) is 26.4 Å². The maximum absolute atomic E-state index is 12.6. The minimum absolute atomic E-state index is 0.0540. The van der Waals surface area contributed by atoms with Gasteiger partial charge in [0, 0.05) is 6.42 Å². The lowest BCUT2D eigenvalue weighted by molar-refractivity contribution is 0.0898. The largest absolute Gasteiger partial charge is 0.486 e. The topological polar surface area (TPSA) is 44.1 Å². The van der Waals surface area contributed by atoms with Gasteiger partial charge in [-0.3, -0.25) is 9.36 Å². The number of carbonyl (C=O) groups excluding carboxylic acids is 1. The van der Waals surface area contributed by atoms with E-state index in [0.29, 0.717) is 12.2 Å². The summed E-state index contributed by atoms with van der Waals surface area (Å²) in [7, 11) is 0. The van der Waals surface area contributed by atoms with Crippen LogP contribution in [0.3, 0.4) is 0 Å². The van der Waals surface area contributed by atoms with Gasteiger partial charge < -0.3 is 4.74 Å². The number of carbonyl (C=O) groups is 1. The Morgan fingerprint density at radius 3 is 2.62 bits per heavy atom. The van der Waals surface area contributed by atoms with Crippen molar-refractivity contribution >= 4 is 27.7 Å². The number of benzene rings is 3. The Kier molecular flexibility index (Phi) is 4.40. The third kappa shape index (κ3) is 3.06. The van der Waals surface area contributed by atoms with E-state index in [2.05, 4.69) is 17.1 Å². The Hall–Kier alpha value is -3.14. The molecule has 1 heterocycles. The SMILES string of the molecule is CCCC(=O)n1c(COc2ccc3ccccc3c2)nc2ccccc21. The number of para-hydroxylation sites is 2. The smallest absolute Gasteiger partial charge is 0.232 e. The van der Waals surface area contributed by atoms with Gasteiger partial charge in [0.05, 0.1) is 11.0 Å². The van der Waals surface area contributed by atoms with Gasteiger partial charge >= 0.3 is 0 Å². The summed E-state index contributed by atoms with van der Waals surface area (Å²) in [6, 6.07) is 21.9. The molecule has 0 spiro atoms. The third-order valence-electron chi connectivity index (χ3n) is 4.43. The van der Waals surface area contributed by atoms with Gasteiger partial charge in [0.15, 0.2) is 5.82 Å². The molecular formula is C22H20N2O2. The predicted molar refractivity (Wildman–Crippen MR) is 104 cm³/mol. The highest BCUT2D eigenvalue weighted by Crippen LogP contribution is 2.23. The zero-order valence-corrected chi connectivity index (χ0v) is 14.7. The second kappa shape index (κ2) is 7.00. The number of imidazole rings is 1. The molecule has 0 aliphatic heterocycles. The van der Waals surface area contributed by atoms with E-state index < -0.39 is 0 Å². The molecule has 0 aliphatic rings. The summed E-state index contributed by atoms with van der Waals surface area (Å²) in [6.45, 7) is 2.25. The van der Waals surface area contributed by atoms with Crippen molar-refractivity contribution in [2.75, 3.05) is 0 Å². The van der Waals surface area contributed by atoms with Crippen molar-refractivity contribution < 1.29 is 9.53 Å². The lowest BCUT2D eigenvalue weighted by Crippen LogP contribution is -2.15. The van der Waals surface area contributed by atoms with Crippen molar-refractivity contribution in [1.29, 1.82) is 0 Å². The molecule has 130 valence electrons. The maximum Gasteiger partial charge on any atom is 0.232 e. The molecule has 4 heteroatoms. The molecule has 0 fully saturated rings. The number of fused-ring (bicyclic) bond motifs is 2. The number of rotatable bonds is 5. The van der Waals surface area contributed by atoms with Gasteiger partial charge in [0.25, 0.3) is 0 Å². The molecule has 0 atom stereocenters. The highest BCUT2D eigenvalue weighted by atomic mass is 16.5. The van der Waals surface area contributed by atoms with E-state index in [-0.39, 0.29) is 12.5 Å². The summed E-state index contributed by atoms with van der Waals surface area (Å²) < 4.78 is 7.66. The normalized spacial score (nSPS) is 11.1. The summed E-state index contributed by atoms with van der Waals surface area (Å²) in [4.78, 5) is 17.2. The van der Waals surface area contributed by atoms with Crippen LogP contribution in [0.4, 0.5) is 0 Å². The highest BCUT2D eigenvalue weighted by Gasteiger charge is 2.16. The van der Waals surface area contributed by atoms with Crippen molar-refractivity contribution in [1.82, 2.24) is 9.55 Å². The predicted octanol–water partition coefficient (Wildman–Crippen LogP) is 5.21. The molecule has 0 amide bonds. The first-order valence-corrected chi connectivity index (χ1v) is 8.87. The molecular weight excluding hydrogens is 324 g/mol. The van der Waals surface area contributed by atoms with Crippen molar-refractivity contribution in [3.63, 3.8) is 0 Å². The Morgan fingerprint density at radius 1 is 1.00 bits per heavy atom. The Bertz CT molecular complexity index is 1080. The van der Waals surface area contributed by atoms with Crippen LogP contribution < -0.4 is 4.74 Å². The number of ether oxygens (including phenoxy) is 1. The molecule has 4 rings (SSSR count). The quantitative estimate of drug-likeness (QED) is 0.499. The van der Waals surface area contributed by atoms with Gasteiger partial charge in [-0.25, -0.2) is 4.98 Å². The highest BCUT2D eigenvalue weighted by molar-refractivity contribution is 5.91. The lowest BCUT2D eigenvalue weighted by atomic mass is 10.1. The Balaban J connectivity index is 1.65. The minimum Gasteiger partial charge on any atom is -0.486 e. The number of hydrogen-bond donors (Lipinski definition) is 0. The van der Waals surface area contributed by atoms with E-state index in [9.17, 15) is 4.79 Å². The summed E-state index contributed by atoms with van der Waals surface area (Å²) >= 11 is 0. The molecule has 0 bridgehead atoms. The van der Waals surface area contributed by atoms with Gasteiger partial charge in [0.1, 0.15) is 12.4 Å². The Morgan fingerprint density at radius 2 is 1.77 bits per heavy atom. The van der Waals surface area contributed by atoms with E-state index in [1.165, 1.54) is 5.39 Å². The molecule has 4 nitrogen and oxygen atoms in total. The molecule has 0 N–H and O–H groups in total. The number of hydrogen-bond acceptors (Lipinski definition) is 3. The number of aromatic nitrogens is 2. The van der Waals surface area contributed by atoms with Crippen molar-refractivity contribution in [2.24, 2.45) is 0 Å². The van der Waals surface area contributed by atoms with Crippen LogP contribution in [0.5, 0.6) is 5.75 Å². The average Bonchev–Trinajstić information content (AvgIpc) is 3.05. The first-order chi connectivity index (χ1) is 12.8.